The van der Waals surface area contributed by atoms with Crippen LogP contribution < -0.4 is 11.0 Å². The third kappa shape index (κ3) is 1.74. The van der Waals surface area contributed by atoms with Gasteiger partial charge in [-0.05, 0) is 47.2 Å². The van der Waals surface area contributed by atoms with Crippen molar-refractivity contribution in [2.75, 3.05) is 0 Å². The van der Waals surface area contributed by atoms with Gasteiger partial charge in [-0.15, -0.1) is 11.5 Å². The molecule has 0 amide bonds. The van der Waals surface area contributed by atoms with Crippen molar-refractivity contribution in [2.45, 2.75) is 0 Å². The van der Waals surface area contributed by atoms with E-state index < -0.39 is 6.40 Å². The first-order chi connectivity index (χ1) is 13.8. The molecule has 4 aromatic rings. The van der Waals surface area contributed by atoms with Gasteiger partial charge in [-0.2, -0.15) is 0 Å². The molecule has 130 valence electrons. The first-order valence-electron chi connectivity index (χ1n) is 8.97. The van der Waals surface area contributed by atoms with Crippen LogP contribution in [0.4, 0.5) is 11.6 Å². The average molecular weight is 381 g/mol. The molecule has 0 N–H and O–H groups in total. The van der Waals surface area contributed by atoms with Gasteiger partial charge < -0.3 is 8.96 Å². The summed E-state index contributed by atoms with van der Waals surface area (Å²) in [6.07, 6.45) is -0.481. The van der Waals surface area contributed by atoms with Gasteiger partial charge in [0.25, 0.3) is 0 Å². The number of halogens is 1. The summed E-state index contributed by atoms with van der Waals surface area (Å²) in [6, 6.07) is 20.3. The van der Waals surface area contributed by atoms with E-state index in [1.54, 1.807) is 0 Å². The van der Waals surface area contributed by atoms with Crippen molar-refractivity contribution in [3.8, 4) is 0 Å². The number of aromatic nitrogens is 2. The molecule has 5 heterocycles. The largest absolute Gasteiger partial charge is 0.499 e. The molecule has 4 bridgehead atoms. The van der Waals surface area contributed by atoms with Gasteiger partial charge in [-0.25, -0.2) is 20.0 Å². The van der Waals surface area contributed by atoms with Gasteiger partial charge in [0.1, 0.15) is 22.6 Å². The molecule has 2 aromatic heterocycles. The fraction of sp³-hybridized carbons (Fsp3) is 0. The Kier molecular flexibility index (Phi) is 2.54. The number of fused-ring (bicyclic) bond motifs is 5. The lowest BCUT2D eigenvalue weighted by Gasteiger charge is -2.18. The van der Waals surface area contributed by atoms with Gasteiger partial charge in [0.15, 0.2) is 11.7 Å². The van der Waals surface area contributed by atoms with Crippen molar-refractivity contribution in [1.82, 2.24) is 8.96 Å². The topological polar surface area (TPSA) is 59.3 Å². The molecule has 0 saturated carbocycles. The number of benzene rings is 2. The zero-order chi connectivity index (χ0) is 18.4. The second kappa shape index (κ2) is 4.88. The minimum atomic E-state index is -0.481. The van der Waals surface area contributed by atoms with Crippen molar-refractivity contribution < 1.29 is 0 Å². The van der Waals surface area contributed by atoms with Gasteiger partial charge in [0.2, 0.25) is 0 Å². The standard InChI is InChI=1S/C20H10BClN6/c22-21-27-15-5-7-17(27)24-19-13-9-11-3-1-2-4-12(11)10-14(13)20(26-19)25-18-8-6-16(23-15)28(18)21/h1-10H. The van der Waals surface area contributed by atoms with Crippen LogP contribution >= 0.6 is 11.5 Å². The lowest BCUT2D eigenvalue weighted by atomic mass is 10.0. The van der Waals surface area contributed by atoms with E-state index in [0.717, 1.165) is 44.5 Å². The number of rotatable bonds is 0. The van der Waals surface area contributed by atoms with Crippen molar-refractivity contribution >= 4 is 51.9 Å². The SMILES string of the molecule is ClB1n2c3ccc2N=c2ccc(n21)=NC1=NC(=N3)c2cc3ccccc3cc21. The van der Waals surface area contributed by atoms with E-state index in [9.17, 15) is 0 Å². The molecule has 8 heteroatoms. The van der Waals surface area contributed by atoms with Crippen LogP contribution in [0.1, 0.15) is 11.1 Å². The number of nitrogens with zero attached hydrogens (tertiary/aromatic N) is 6. The van der Waals surface area contributed by atoms with Crippen LogP contribution in [0.3, 0.4) is 0 Å². The number of amidine groups is 2. The monoisotopic (exact) mass is 380 g/mol. The molecule has 0 radical (unpaired) electrons. The Hall–Kier alpha value is -3.45. The molecule has 0 atom stereocenters. The van der Waals surface area contributed by atoms with Crippen molar-refractivity contribution in [3.05, 3.63) is 82.8 Å². The number of hydrogen-bond donors (Lipinski definition) is 0. The van der Waals surface area contributed by atoms with E-state index in [0.29, 0.717) is 11.7 Å². The highest BCUT2D eigenvalue weighted by molar-refractivity contribution is 7.05. The van der Waals surface area contributed by atoms with Crippen LogP contribution in [-0.2, 0) is 0 Å². The zero-order valence-corrected chi connectivity index (χ0v) is 15.2. The van der Waals surface area contributed by atoms with Crippen LogP contribution in [0.25, 0.3) is 10.8 Å². The van der Waals surface area contributed by atoms with Crippen molar-refractivity contribution in [2.24, 2.45) is 20.0 Å². The van der Waals surface area contributed by atoms with E-state index in [4.69, 9.17) is 31.4 Å². The van der Waals surface area contributed by atoms with Crippen LogP contribution in [0.2, 0.25) is 0 Å². The lowest BCUT2D eigenvalue weighted by Crippen LogP contribution is -2.44. The molecular weight excluding hydrogens is 371 g/mol. The maximum atomic E-state index is 6.82. The summed E-state index contributed by atoms with van der Waals surface area (Å²) in [4.78, 5) is 19.1. The summed E-state index contributed by atoms with van der Waals surface area (Å²) in [7, 11) is 0. The van der Waals surface area contributed by atoms with Crippen LogP contribution in [0.5, 0.6) is 0 Å². The molecule has 0 fully saturated rings. The maximum absolute atomic E-state index is 6.82. The number of hydrogen-bond acceptors (Lipinski definition) is 4. The summed E-state index contributed by atoms with van der Waals surface area (Å²) >= 11 is 6.82. The zero-order valence-electron chi connectivity index (χ0n) is 14.4. The predicted molar refractivity (Wildman–Crippen MR) is 110 cm³/mol. The normalized spacial score (nSPS) is 15.5. The minimum absolute atomic E-state index is 0.481. The first kappa shape index (κ1) is 14.6. The van der Waals surface area contributed by atoms with E-state index in [1.807, 2.05) is 45.4 Å². The van der Waals surface area contributed by atoms with E-state index in [2.05, 4.69) is 24.3 Å². The van der Waals surface area contributed by atoms with Crippen molar-refractivity contribution in [1.29, 1.82) is 0 Å². The highest BCUT2D eigenvalue weighted by atomic mass is 35.5. The molecule has 3 aliphatic heterocycles. The summed E-state index contributed by atoms with van der Waals surface area (Å²) in [5, 5.41) is 2.30. The molecule has 6 nitrogen and oxygen atoms in total. The van der Waals surface area contributed by atoms with Gasteiger partial charge >= 0.3 is 6.40 Å². The molecule has 0 aliphatic carbocycles. The van der Waals surface area contributed by atoms with Crippen LogP contribution in [0.15, 0.2) is 80.6 Å². The third-order valence-electron chi connectivity index (χ3n) is 5.43. The van der Waals surface area contributed by atoms with Gasteiger partial charge in [-0.1, -0.05) is 24.3 Å². The van der Waals surface area contributed by atoms with E-state index in [1.165, 1.54) is 0 Å². The molecule has 2 aromatic carbocycles. The summed E-state index contributed by atoms with van der Waals surface area (Å²) in [6.45, 7) is 0. The first-order valence-corrected chi connectivity index (χ1v) is 9.41. The molecule has 0 unspecified atom stereocenters. The Bertz CT molecular complexity index is 1540. The minimum Gasteiger partial charge on any atom is -0.320 e. The van der Waals surface area contributed by atoms with Crippen LogP contribution in [-0.4, -0.2) is 27.0 Å². The Labute approximate surface area is 163 Å². The van der Waals surface area contributed by atoms with E-state index >= 15 is 0 Å². The molecule has 0 saturated heterocycles. The van der Waals surface area contributed by atoms with Crippen molar-refractivity contribution in [3.63, 3.8) is 0 Å². The highest BCUT2D eigenvalue weighted by Crippen LogP contribution is 2.32. The molecule has 0 spiro atoms. The smallest absolute Gasteiger partial charge is 0.320 e. The van der Waals surface area contributed by atoms with Gasteiger partial charge in [0.05, 0.1) is 0 Å². The second-order valence-electron chi connectivity index (χ2n) is 6.99. The second-order valence-corrected chi connectivity index (χ2v) is 7.38. The molecule has 7 rings (SSSR count). The van der Waals surface area contributed by atoms with Gasteiger partial charge in [-0.3, -0.25) is 0 Å². The lowest BCUT2D eigenvalue weighted by molar-refractivity contribution is 0.928. The maximum Gasteiger partial charge on any atom is 0.499 e. The van der Waals surface area contributed by atoms with Crippen LogP contribution in [0, 0.1) is 0 Å². The van der Waals surface area contributed by atoms with Gasteiger partial charge in [0, 0.05) is 11.1 Å². The predicted octanol–water partition coefficient (Wildman–Crippen LogP) is 2.80. The average Bonchev–Trinajstić information content (AvgIpc) is 3.39. The molecule has 28 heavy (non-hydrogen) atoms. The Morgan fingerprint density at radius 2 is 1.25 bits per heavy atom. The quantitative estimate of drug-likeness (QED) is 0.421. The summed E-state index contributed by atoms with van der Waals surface area (Å²) in [5.74, 6) is 2.80. The Morgan fingerprint density at radius 3 is 1.96 bits per heavy atom. The third-order valence-corrected chi connectivity index (χ3v) is 5.82. The fourth-order valence-electron chi connectivity index (χ4n) is 4.11. The van der Waals surface area contributed by atoms with E-state index in [-0.39, 0.29) is 0 Å². The Balaban J connectivity index is 1.65. The number of aliphatic imine (C=N–C) groups is 2. The molecule has 3 aliphatic rings. The summed E-state index contributed by atoms with van der Waals surface area (Å²) in [5.41, 5.74) is 3.46. The molecular formula is C20H10BClN6. The Morgan fingerprint density at radius 1 is 0.643 bits per heavy atom. The fourth-order valence-corrected chi connectivity index (χ4v) is 4.51. The summed E-state index contributed by atoms with van der Waals surface area (Å²) < 4.78 is 3.81. The highest BCUT2D eigenvalue weighted by Gasteiger charge is 2.31.